The second kappa shape index (κ2) is 3.00. The zero-order valence-electron chi connectivity index (χ0n) is 6.91. The fourth-order valence-corrected chi connectivity index (χ4v) is 0.812. The molecular weight excluding hydrogens is 110 g/mol. The first-order chi connectivity index (χ1) is 4.00. The van der Waals surface area contributed by atoms with Gasteiger partial charge in [-0.25, -0.2) is 0 Å². The Morgan fingerprint density at radius 3 is 2.00 bits per heavy atom. The highest BCUT2D eigenvalue weighted by atomic mass is 14.5. The van der Waals surface area contributed by atoms with Gasteiger partial charge in [-0.1, -0.05) is 27.2 Å². The molecule has 0 aliphatic rings. The highest BCUT2D eigenvalue weighted by molar-refractivity contribution is 5.84. The van der Waals surface area contributed by atoms with E-state index in [1.54, 1.807) is 0 Å². The maximum Gasteiger partial charge on any atom is 0.0114 e. The van der Waals surface area contributed by atoms with E-state index in [1.165, 1.54) is 6.42 Å². The molecule has 0 saturated heterocycles. The first kappa shape index (κ1) is 8.67. The minimum absolute atomic E-state index is 0.134. The highest BCUT2D eigenvalue weighted by Crippen LogP contribution is 2.22. The molecule has 0 aromatic heterocycles. The molecule has 0 atom stereocenters. The van der Waals surface area contributed by atoms with Crippen LogP contribution < -0.4 is 0 Å². The summed E-state index contributed by atoms with van der Waals surface area (Å²) in [4.78, 5) is 0. The van der Waals surface area contributed by atoms with Gasteiger partial charge in [0.2, 0.25) is 0 Å². The van der Waals surface area contributed by atoms with E-state index in [0.717, 1.165) is 12.1 Å². The maximum absolute atomic E-state index is 7.40. The SMILES string of the molecule is CCCC(C)(C)C(C)=N. The summed E-state index contributed by atoms with van der Waals surface area (Å²) < 4.78 is 0. The lowest BCUT2D eigenvalue weighted by molar-refractivity contribution is 0.464. The lowest BCUT2D eigenvalue weighted by atomic mass is 9.84. The molecule has 0 unspecified atom stereocenters. The Kier molecular flexibility index (Phi) is 2.89. The summed E-state index contributed by atoms with van der Waals surface area (Å²) in [5, 5.41) is 7.40. The molecule has 0 aromatic rings. The molecule has 1 nitrogen and oxygen atoms in total. The van der Waals surface area contributed by atoms with Crippen LogP contribution in [0.15, 0.2) is 0 Å². The molecule has 0 radical (unpaired) electrons. The van der Waals surface area contributed by atoms with Gasteiger partial charge < -0.3 is 5.41 Å². The van der Waals surface area contributed by atoms with Crippen LogP contribution >= 0.6 is 0 Å². The van der Waals surface area contributed by atoms with Gasteiger partial charge in [0, 0.05) is 11.1 Å². The van der Waals surface area contributed by atoms with E-state index in [2.05, 4.69) is 20.8 Å². The van der Waals surface area contributed by atoms with E-state index in [9.17, 15) is 0 Å². The summed E-state index contributed by atoms with van der Waals surface area (Å²) in [5.74, 6) is 0. The van der Waals surface area contributed by atoms with E-state index in [-0.39, 0.29) is 5.41 Å². The van der Waals surface area contributed by atoms with Crippen molar-refractivity contribution in [3.63, 3.8) is 0 Å². The molecule has 0 aliphatic heterocycles. The van der Waals surface area contributed by atoms with E-state index in [1.807, 2.05) is 6.92 Å². The van der Waals surface area contributed by atoms with Crippen LogP contribution in [-0.2, 0) is 0 Å². The zero-order chi connectivity index (χ0) is 7.49. The summed E-state index contributed by atoms with van der Waals surface area (Å²) in [6, 6.07) is 0. The van der Waals surface area contributed by atoms with E-state index in [4.69, 9.17) is 5.41 Å². The van der Waals surface area contributed by atoms with Gasteiger partial charge in [-0.15, -0.1) is 0 Å². The summed E-state index contributed by atoms with van der Waals surface area (Å²) in [5.41, 5.74) is 0.929. The summed E-state index contributed by atoms with van der Waals surface area (Å²) >= 11 is 0. The van der Waals surface area contributed by atoms with Crippen molar-refractivity contribution in [3.8, 4) is 0 Å². The average molecular weight is 127 g/mol. The van der Waals surface area contributed by atoms with Crippen LogP contribution in [0.25, 0.3) is 0 Å². The lowest BCUT2D eigenvalue weighted by Gasteiger charge is -2.22. The van der Waals surface area contributed by atoms with Crippen LogP contribution in [0, 0.1) is 10.8 Å². The molecule has 0 fully saturated rings. The number of nitrogens with one attached hydrogen (secondary N) is 1. The van der Waals surface area contributed by atoms with E-state index >= 15 is 0 Å². The first-order valence-corrected chi connectivity index (χ1v) is 3.56. The second-order valence-corrected chi connectivity index (χ2v) is 3.26. The van der Waals surface area contributed by atoms with Crippen molar-refractivity contribution in [2.45, 2.75) is 40.5 Å². The van der Waals surface area contributed by atoms with Crippen molar-refractivity contribution in [2.24, 2.45) is 5.41 Å². The minimum Gasteiger partial charge on any atom is -0.309 e. The Morgan fingerprint density at radius 1 is 1.44 bits per heavy atom. The van der Waals surface area contributed by atoms with Crippen LogP contribution in [0.4, 0.5) is 0 Å². The van der Waals surface area contributed by atoms with Crippen molar-refractivity contribution in [1.82, 2.24) is 0 Å². The average Bonchev–Trinajstić information content (AvgIpc) is 1.65. The van der Waals surface area contributed by atoms with Crippen molar-refractivity contribution in [3.05, 3.63) is 0 Å². The molecule has 0 amide bonds. The normalized spacial score (nSPS) is 11.6. The quantitative estimate of drug-likeness (QED) is 0.564. The van der Waals surface area contributed by atoms with Gasteiger partial charge in [-0.3, -0.25) is 0 Å². The number of hydrogen-bond donors (Lipinski definition) is 1. The van der Waals surface area contributed by atoms with Crippen LogP contribution in [0.2, 0.25) is 0 Å². The van der Waals surface area contributed by atoms with Crippen molar-refractivity contribution in [2.75, 3.05) is 0 Å². The van der Waals surface area contributed by atoms with E-state index in [0.29, 0.717) is 0 Å². The van der Waals surface area contributed by atoms with Gasteiger partial charge in [0.1, 0.15) is 0 Å². The van der Waals surface area contributed by atoms with Gasteiger partial charge >= 0.3 is 0 Å². The molecule has 0 aliphatic carbocycles. The van der Waals surface area contributed by atoms with Gasteiger partial charge in [0.15, 0.2) is 0 Å². The third kappa shape index (κ3) is 2.64. The molecule has 0 bridgehead atoms. The van der Waals surface area contributed by atoms with Crippen LogP contribution in [-0.4, -0.2) is 5.71 Å². The zero-order valence-corrected chi connectivity index (χ0v) is 6.91. The largest absolute Gasteiger partial charge is 0.309 e. The van der Waals surface area contributed by atoms with Crippen LogP contribution in [0.3, 0.4) is 0 Å². The number of hydrogen-bond acceptors (Lipinski definition) is 1. The molecular formula is C8H17N. The molecule has 54 valence electrons. The molecule has 0 saturated carbocycles. The molecule has 0 aromatic carbocycles. The fraction of sp³-hybridized carbons (Fsp3) is 0.875. The molecule has 0 heterocycles. The Bertz CT molecular complexity index is 103. The van der Waals surface area contributed by atoms with Crippen LogP contribution in [0.1, 0.15) is 40.5 Å². The maximum atomic E-state index is 7.40. The van der Waals surface area contributed by atoms with E-state index < -0.39 is 0 Å². The second-order valence-electron chi connectivity index (χ2n) is 3.26. The Labute approximate surface area is 58.0 Å². The highest BCUT2D eigenvalue weighted by Gasteiger charge is 2.17. The Balaban J connectivity index is 3.85. The molecule has 1 heteroatoms. The van der Waals surface area contributed by atoms with Gasteiger partial charge in [-0.05, 0) is 13.3 Å². The monoisotopic (exact) mass is 127 g/mol. The third-order valence-corrected chi connectivity index (χ3v) is 1.89. The van der Waals surface area contributed by atoms with Crippen molar-refractivity contribution in [1.29, 1.82) is 5.41 Å². The third-order valence-electron chi connectivity index (χ3n) is 1.89. The number of rotatable bonds is 3. The van der Waals surface area contributed by atoms with Gasteiger partial charge in [0.25, 0.3) is 0 Å². The minimum atomic E-state index is 0.134. The predicted octanol–water partition coefficient (Wildman–Crippen LogP) is 2.85. The molecule has 0 spiro atoms. The Morgan fingerprint density at radius 2 is 1.89 bits per heavy atom. The molecule has 9 heavy (non-hydrogen) atoms. The summed E-state index contributed by atoms with van der Waals surface area (Å²) in [7, 11) is 0. The summed E-state index contributed by atoms with van der Waals surface area (Å²) in [6.45, 7) is 8.29. The molecule has 1 N–H and O–H groups in total. The standard InChI is InChI=1S/C8H17N/c1-5-6-8(3,4)7(2)9/h9H,5-6H2,1-4H3. The van der Waals surface area contributed by atoms with Crippen molar-refractivity contribution < 1.29 is 0 Å². The van der Waals surface area contributed by atoms with Gasteiger partial charge in [0.05, 0.1) is 0 Å². The predicted molar refractivity (Wildman–Crippen MR) is 42.1 cm³/mol. The summed E-state index contributed by atoms with van der Waals surface area (Å²) in [6.07, 6.45) is 2.30. The smallest absolute Gasteiger partial charge is 0.0114 e. The fourth-order valence-electron chi connectivity index (χ4n) is 0.812. The first-order valence-electron chi connectivity index (χ1n) is 3.56. The molecule has 0 rings (SSSR count). The van der Waals surface area contributed by atoms with Crippen LogP contribution in [0.5, 0.6) is 0 Å². The lowest BCUT2D eigenvalue weighted by Crippen LogP contribution is -2.19. The topological polar surface area (TPSA) is 23.9 Å². The van der Waals surface area contributed by atoms with Crippen molar-refractivity contribution >= 4 is 5.71 Å². The Hall–Kier alpha value is -0.330. The van der Waals surface area contributed by atoms with Gasteiger partial charge in [-0.2, -0.15) is 0 Å².